The number of halogens is 1. The van der Waals surface area contributed by atoms with Crippen LogP contribution in [0, 0.1) is 3.57 Å². The normalized spacial score (nSPS) is 10.6. The molecule has 3 aromatic carbocycles. The quantitative estimate of drug-likeness (QED) is 0.146. The maximum Gasteiger partial charge on any atom is 0.343 e. The Kier molecular flexibility index (Phi) is 8.20. The first-order valence-electron chi connectivity index (χ1n) is 9.72. The van der Waals surface area contributed by atoms with Crippen LogP contribution in [-0.2, 0) is 0 Å². The van der Waals surface area contributed by atoms with Crippen LogP contribution in [0.5, 0.6) is 17.2 Å². The van der Waals surface area contributed by atoms with E-state index < -0.39 is 5.97 Å². The Bertz CT molecular complexity index is 1120. The summed E-state index contributed by atoms with van der Waals surface area (Å²) in [5.74, 6) is 0.541. The average molecular weight is 544 g/mol. The molecule has 1 amide bonds. The van der Waals surface area contributed by atoms with Gasteiger partial charge in [0.05, 0.1) is 29.1 Å². The highest BCUT2D eigenvalue weighted by molar-refractivity contribution is 14.1. The molecule has 0 aliphatic carbocycles. The van der Waals surface area contributed by atoms with Crippen molar-refractivity contribution in [1.29, 1.82) is 0 Å². The van der Waals surface area contributed by atoms with Gasteiger partial charge in [0.25, 0.3) is 5.91 Å². The third-order valence-corrected chi connectivity index (χ3v) is 5.07. The highest BCUT2D eigenvalue weighted by Crippen LogP contribution is 2.34. The molecule has 0 radical (unpaired) electrons. The number of methoxy groups -OCH3 is 1. The molecule has 32 heavy (non-hydrogen) atoms. The first-order valence-corrected chi connectivity index (χ1v) is 10.8. The standard InChI is InChI=1S/C24H21IN2O5/c1-3-31-21-14-16(15-26-27-23(28)17-7-5-4-6-8-17)13-20(25)22(21)32-24(29)18-9-11-19(30-2)12-10-18/h4-15H,3H2,1-2H3,(H,27,28)/b26-15-. The largest absolute Gasteiger partial charge is 0.497 e. The van der Waals surface area contributed by atoms with Crippen LogP contribution in [0.1, 0.15) is 33.2 Å². The van der Waals surface area contributed by atoms with Crippen LogP contribution < -0.4 is 19.6 Å². The van der Waals surface area contributed by atoms with Crippen molar-refractivity contribution in [2.24, 2.45) is 5.10 Å². The number of ether oxygens (including phenoxy) is 3. The van der Waals surface area contributed by atoms with Crippen molar-refractivity contribution in [3.63, 3.8) is 0 Å². The first kappa shape index (κ1) is 23.3. The second kappa shape index (κ2) is 11.3. The minimum absolute atomic E-state index is 0.313. The molecule has 7 nitrogen and oxygen atoms in total. The van der Waals surface area contributed by atoms with Crippen molar-refractivity contribution < 1.29 is 23.8 Å². The summed E-state index contributed by atoms with van der Waals surface area (Å²) in [7, 11) is 1.56. The Balaban J connectivity index is 1.76. The van der Waals surface area contributed by atoms with E-state index in [2.05, 4.69) is 33.1 Å². The van der Waals surface area contributed by atoms with Crippen molar-refractivity contribution in [1.82, 2.24) is 5.43 Å². The molecule has 0 spiro atoms. The van der Waals surface area contributed by atoms with E-state index >= 15 is 0 Å². The number of hydrazone groups is 1. The summed E-state index contributed by atoms with van der Waals surface area (Å²) >= 11 is 2.06. The van der Waals surface area contributed by atoms with Gasteiger partial charge in [-0.05, 0) is 83.6 Å². The number of amides is 1. The molecule has 0 unspecified atom stereocenters. The topological polar surface area (TPSA) is 86.2 Å². The molecule has 8 heteroatoms. The fourth-order valence-electron chi connectivity index (χ4n) is 2.72. The minimum atomic E-state index is -0.511. The van der Waals surface area contributed by atoms with Gasteiger partial charge >= 0.3 is 5.97 Å². The molecular formula is C24H21IN2O5. The molecule has 0 saturated heterocycles. The number of hydrogen-bond donors (Lipinski definition) is 1. The monoisotopic (exact) mass is 544 g/mol. The lowest BCUT2D eigenvalue weighted by atomic mass is 10.2. The van der Waals surface area contributed by atoms with Crippen LogP contribution in [0.4, 0.5) is 0 Å². The van der Waals surface area contributed by atoms with E-state index in [9.17, 15) is 9.59 Å². The molecule has 0 fully saturated rings. The summed E-state index contributed by atoms with van der Waals surface area (Å²) in [5.41, 5.74) is 4.06. The molecule has 0 aromatic heterocycles. The Labute approximate surface area is 199 Å². The molecule has 0 bridgehead atoms. The van der Waals surface area contributed by atoms with Crippen molar-refractivity contribution in [3.8, 4) is 17.2 Å². The number of nitrogens with zero attached hydrogens (tertiary/aromatic N) is 1. The van der Waals surface area contributed by atoms with E-state index in [4.69, 9.17) is 14.2 Å². The highest BCUT2D eigenvalue weighted by atomic mass is 127. The predicted molar refractivity (Wildman–Crippen MR) is 130 cm³/mol. The van der Waals surface area contributed by atoms with Gasteiger partial charge in [0.2, 0.25) is 0 Å². The number of esters is 1. The summed E-state index contributed by atoms with van der Waals surface area (Å²) in [6, 6.07) is 18.9. The van der Waals surface area contributed by atoms with Gasteiger partial charge in [-0.1, -0.05) is 18.2 Å². The zero-order valence-corrected chi connectivity index (χ0v) is 19.7. The van der Waals surface area contributed by atoms with Gasteiger partial charge in [-0.15, -0.1) is 0 Å². The fraction of sp³-hybridized carbons (Fsp3) is 0.125. The van der Waals surface area contributed by atoms with E-state index in [1.165, 1.54) is 6.21 Å². The molecule has 3 rings (SSSR count). The predicted octanol–water partition coefficient (Wildman–Crippen LogP) is 4.68. The number of nitrogens with one attached hydrogen (secondary N) is 1. The van der Waals surface area contributed by atoms with Crippen molar-refractivity contribution in [2.75, 3.05) is 13.7 Å². The number of carbonyl (C=O) groups excluding carboxylic acids is 2. The van der Waals surface area contributed by atoms with Gasteiger partial charge in [0, 0.05) is 5.56 Å². The molecule has 1 N–H and O–H groups in total. The smallest absolute Gasteiger partial charge is 0.343 e. The molecule has 0 heterocycles. The summed E-state index contributed by atoms with van der Waals surface area (Å²) in [6.07, 6.45) is 1.50. The SMILES string of the molecule is CCOc1cc(/C=N\NC(=O)c2ccccc2)cc(I)c1OC(=O)c1ccc(OC)cc1. The molecular weight excluding hydrogens is 523 g/mol. The zero-order valence-electron chi connectivity index (χ0n) is 17.5. The summed E-state index contributed by atoms with van der Waals surface area (Å²) in [4.78, 5) is 24.7. The summed E-state index contributed by atoms with van der Waals surface area (Å²) in [5, 5.41) is 4.01. The molecule has 0 atom stereocenters. The molecule has 0 saturated carbocycles. The van der Waals surface area contributed by atoms with Crippen LogP contribution in [0.2, 0.25) is 0 Å². The second-order valence-corrected chi connectivity index (χ2v) is 7.61. The van der Waals surface area contributed by atoms with E-state index in [0.717, 1.165) is 0 Å². The van der Waals surface area contributed by atoms with Gasteiger partial charge in [-0.25, -0.2) is 10.2 Å². The van der Waals surface area contributed by atoms with E-state index in [0.29, 0.717) is 44.1 Å². The summed E-state index contributed by atoms with van der Waals surface area (Å²) < 4.78 is 17.1. The Morgan fingerprint density at radius 1 is 1.03 bits per heavy atom. The van der Waals surface area contributed by atoms with Gasteiger partial charge in [-0.3, -0.25) is 4.79 Å². The van der Waals surface area contributed by atoms with Crippen LogP contribution in [-0.4, -0.2) is 31.8 Å². The molecule has 0 aliphatic heterocycles. The minimum Gasteiger partial charge on any atom is -0.497 e. The van der Waals surface area contributed by atoms with Gasteiger partial charge in [0.15, 0.2) is 11.5 Å². The maximum absolute atomic E-state index is 12.6. The highest BCUT2D eigenvalue weighted by Gasteiger charge is 2.17. The molecule has 3 aromatic rings. The second-order valence-electron chi connectivity index (χ2n) is 6.45. The van der Waals surface area contributed by atoms with E-state index in [1.807, 2.05) is 13.0 Å². The Morgan fingerprint density at radius 2 is 1.75 bits per heavy atom. The maximum atomic E-state index is 12.6. The number of carbonyl (C=O) groups is 2. The van der Waals surface area contributed by atoms with Gasteiger partial charge in [0.1, 0.15) is 5.75 Å². The zero-order chi connectivity index (χ0) is 22.9. The van der Waals surface area contributed by atoms with Crippen LogP contribution in [0.25, 0.3) is 0 Å². The lowest BCUT2D eigenvalue weighted by Gasteiger charge is -2.13. The van der Waals surface area contributed by atoms with Gasteiger partial charge < -0.3 is 14.2 Å². The third-order valence-electron chi connectivity index (χ3n) is 4.27. The van der Waals surface area contributed by atoms with Gasteiger partial charge in [-0.2, -0.15) is 5.10 Å². The van der Waals surface area contributed by atoms with Crippen LogP contribution >= 0.6 is 22.6 Å². The van der Waals surface area contributed by atoms with Crippen molar-refractivity contribution in [3.05, 3.63) is 87.0 Å². The lowest BCUT2D eigenvalue weighted by molar-refractivity contribution is 0.0726. The van der Waals surface area contributed by atoms with E-state index in [1.54, 1.807) is 67.8 Å². The summed E-state index contributed by atoms with van der Waals surface area (Å²) in [6.45, 7) is 2.22. The van der Waals surface area contributed by atoms with Crippen LogP contribution in [0.3, 0.4) is 0 Å². The Morgan fingerprint density at radius 3 is 2.41 bits per heavy atom. The average Bonchev–Trinajstić information content (AvgIpc) is 2.82. The lowest BCUT2D eigenvalue weighted by Crippen LogP contribution is -2.17. The third kappa shape index (κ3) is 6.07. The first-order chi connectivity index (χ1) is 15.5. The van der Waals surface area contributed by atoms with Crippen molar-refractivity contribution in [2.45, 2.75) is 6.92 Å². The number of hydrogen-bond acceptors (Lipinski definition) is 6. The fourth-order valence-corrected chi connectivity index (χ4v) is 3.46. The molecule has 0 aliphatic rings. The van der Waals surface area contributed by atoms with E-state index in [-0.39, 0.29) is 5.91 Å². The number of rotatable bonds is 8. The van der Waals surface area contributed by atoms with Crippen LogP contribution in [0.15, 0.2) is 71.8 Å². The Hall–Kier alpha value is -3.40. The molecule has 164 valence electrons. The number of benzene rings is 3. The van der Waals surface area contributed by atoms with Crippen molar-refractivity contribution >= 4 is 40.7 Å².